The molecule has 1 aromatic heterocycles. The Morgan fingerprint density at radius 2 is 2.06 bits per heavy atom. The lowest BCUT2D eigenvalue weighted by molar-refractivity contribution is -0.133. The molecule has 0 bridgehead atoms. The number of methoxy groups -OCH3 is 1. The van der Waals surface area contributed by atoms with Crippen molar-refractivity contribution < 1.29 is 24.3 Å². The van der Waals surface area contributed by atoms with Gasteiger partial charge in [0, 0.05) is 34.5 Å². The van der Waals surface area contributed by atoms with Crippen molar-refractivity contribution in [2.45, 2.75) is 45.1 Å². The highest BCUT2D eigenvalue weighted by Crippen LogP contribution is 2.32. The van der Waals surface area contributed by atoms with E-state index in [1.54, 1.807) is 18.7 Å². The Bertz CT molecular complexity index is 1140. The molecule has 2 aromatic carbocycles. The molecule has 1 aliphatic heterocycles. The van der Waals surface area contributed by atoms with E-state index in [4.69, 9.17) is 14.7 Å². The third-order valence-electron chi connectivity index (χ3n) is 6.13. The summed E-state index contributed by atoms with van der Waals surface area (Å²) in [5.41, 5.74) is 5.43. The lowest BCUT2D eigenvalue weighted by Crippen LogP contribution is -2.29. The number of ether oxygens (including phenoxy) is 2. The zero-order valence-electron chi connectivity index (χ0n) is 18.6. The molecule has 4 rings (SSSR count). The molecule has 4 N–H and O–H groups in total. The van der Waals surface area contributed by atoms with Crippen LogP contribution in [0.2, 0.25) is 0 Å². The summed E-state index contributed by atoms with van der Waals surface area (Å²) in [4.78, 5) is 28.2. The predicted molar refractivity (Wildman–Crippen MR) is 124 cm³/mol. The molecule has 174 valence electrons. The number of carbonyl (C=O) groups excluding carboxylic acids is 2. The Morgan fingerprint density at radius 3 is 2.88 bits per heavy atom. The van der Waals surface area contributed by atoms with Gasteiger partial charge in [-0.1, -0.05) is 25.0 Å². The van der Waals surface area contributed by atoms with Crippen LogP contribution in [0.4, 0.5) is 5.69 Å². The number of H-pyrrole nitrogens is 1. The molecule has 2 heterocycles. The van der Waals surface area contributed by atoms with Crippen LogP contribution in [0.3, 0.4) is 0 Å². The number of nitrogens with one attached hydrogen (secondary N) is 3. The van der Waals surface area contributed by atoms with Gasteiger partial charge in [0.2, 0.25) is 11.8 Å². The first-order chi connectivity index (χ1) is 16.1. The second kappa shape index (κ2) is 10.4. The number of benzene rings is 2. The van der Waals surface area contributed by atoms with Crippen LogP contribution in [-0.4, -0.2) is 29.1 Å². The molecule has 0 aliphatic carbocycles. The molecule has 33 heavy (non-hydrogen) atoms. The van der Waals surface area contributed by atoms with Crippen molar-refractivity contribution in [2.24, 2.45) is 5.92 Å². The van der Waals surface area contributed by atoms with E-state index >= 15 is 0 Å². The van der Waals surface area contributed by atoms with Crippen molar-refractivity contribution in [3.63, 3.8) is 0 Å². The van der Waals surface area contributed by atoms with Gasteiger partial charge < -0.3 is 19.8 Å². The molecule has 3 aromatic rings. The van der Waals surface area contributed by atoms with Crippen molar-refractivity contribution in [2.75, 3.05) is 12.4 Å². The summed E-state index contributed by atoms with van der Waals surface area (Å²) in [6, 6.07) is 13.2. The molecule has 1 atom stereocenters. The highest BCUT2D eigenvalue weighted by atomic mass is 16.5. The number of aryl methyl sites for hydroxylation is 1. The SMILES string of the molecule is COc1ccc2[nH]c3c(c2c1)COc1ccccc1NC(=O)C(CC(=O)NO)CCCCC3. The van der Waals surface area contributed by atoms with Crippen LogP contribution in [0.5, 0.6) is 11.5 Å². The smallest absolute Gasteiger partial charge is 0.244 e. The first kappa shape index (κ1) is 22.7. The lowest BCUT2D eigenvalue weighted by atomic mass is 9.95. The van der Waals surface area contributed by atoms with Crippen LogP contribution in [0.1, 0.15) is 43.4 Å². The minimum atomic E-state index is -0.570. The Kier molecular flexibility index (Phi) is 7.14. The average Bonchev–Trinajstić information content (AvgIpc) is 3.18. The molecule has 1 aliphatic rings. The van der Waals surface area contributed by atoms with E-state index in [9.17, 15) is 9.59 Å². The minimum absolute atomic E-state index is 0.0701. The normalized spacial score (nSPS) is 17.2. The monoisotopic (exact) mass is 451 g/mol. The van der Waals surface area contributed by atoms with Gasteiger partial charge in [-0.25, -0.2) is 5.48 Å². The van der Waals surface area contributed by atoms with Crippen LogP contribution in [0.15, 0.2) is 42.5 Å². The number of aromatic amines is 1. The van der Waals surface area contributed by atoms with Crippen molar-refractivity contribution in [3.8, 4) is 11.5 Å². The van der Waals surface area contributed by atoms with E-state index in [0.29, 0.717) is 24.5 Å². The minimum Gasteiger partial charge on any atom is -0.497 e. The predicted octanol–water partition coefficient (Wildman–Crippen LogP) is 4.32. The number of hydroxylamine groups is 1. The molecule has 0 saturated carbocycles. The Hall–Kier alpha value is -3.52. The Labute approximate surface area is 192 Å². The maximum Gasteiger partial charge on any atom is 0.244 e. The molecule has 8 nitrogen and oxygen atoms in total. The summed E-state index contributed by atoms with van der Waals surface area (Å²) in [7, 11) is 1.65. The number of fused-ring (bicyclic) bond motifs is 4. The van der Waals surface area contributed by atoms with E-state index in [1.807, 2.05) is 36.4 Å². The van der Waals surface area contributed by atoms with Crippen molar-refractivity contribution in [1.29, 1.82) is 0 Å². The summed E-state index contributed by atoms with van der Waals surface area (Å²) in [5, 5.41) is 12.9. The van der Waals surface area contributed by atoms with Crippen LogP contribution in [0.25, 0.3) is 10.9 Å². The number of hydrogen-bond donors (Lipinski definition) is 4. The maximum absolute atomic E-state index is 13.0. The zero-order valence-corrected chi connectivity index (χ0v) is 18.6. The largest absolute Gasteiger partial charge is 0.497 e. The maximum atomic E-state index is 13.0. The number of aromatic nitrogens is 1. The second-order valence-electron chi connectivity index (χ2n) is 8.30. The van der Waals surface area contributed by atoms with Gasteiger partial charge in [0.1, 0.15) is 18.1 Å². The number of hydrogen-bond acceptors (Lipinski definition) is 5. The fraction of sp³-hybridized carbons (Fsp3) is 0.360. The summed E-state index contributed by atoms with van der Waals surface area (Å²) in [6.45, 7) is 0.339. The first-order valence-corrected chi connectivity index (χ1v) is 11.2. The van der Waals surface area contributed by atoms with Crippen molar-refractivity contribution in [3.05, 3.63) is 53.7 Å². The summed E-state index contributed by atoms with van der Waals surface area (Å²) in [6.07, 6.45) is 4.00. The number of anilines is 1. The van der Waals surface area contributed by atoms with Gasteiger partial charge in [0.05, 0.1) is 12.8 Å². The van der Waals surface area contributed by atoms with E-state index in [2.05, 4.69) is 10.3 Å². The topological polar surface area (TPSA) is 113 Å². The van der Waals surface area contributed by atoms with Crippen molar-refractivity contribution in [1.82, 2.24) is 10.5 Å². The van der Waals surface area contributed by atoms with Gasteiger partial charge in [0.25, 0.3) is 0 Å². The van der Waals surface area contributed by atoms with E-state index in [1.165, 1.54) is 0 Å². The Balaban J connectivity index is 1.66. The zero-order chi connectivity index (χ0) is 23.2. The molecule has 0 fully saturated rings. The third-order valence-corrected chi connectivity index (χ3v) is 6.13. The fourth-order valence-corrected chi connectivity index (χ4v) is 4.33. The second-order valence-corrected chi connectivity index (χ2v) is 8.30. The third kappa shape index (κ3) is 5.28. The molecule has 0 spiro atoms. The molecule has 8 heteroatoms. The van der Waals surface area contributed by atoms with Gasteiger partial charge in [-0.15, -0.1) is 0 Å². The van der Waals surface area contributed by atoms with Gasteiger partial charge >= 0.3 is 0 Å². The van der Waals surface area contributed by atoms with Crippen LogP contribution >= 0.6 is 0 Å². The highest BCUT2D eigenvalue weighted by Gasteiger charge is 2.23. The lowest BCUT2D eigenvalue weighted by Gasteiger charge is -2.19. The van der Waals surface area contributed by atoms with Crippen molar-refractivity contribution >= 4 is 28.4 Å². The Morgan fingerprint density at radius 1 is 1.21 bits per heavy atom. The molecular formula is C25H29N3O5. The highest BCUT2D eigenvalue weighted by molar-refractivity contribution is 5.96. The number of para-hydroxylation sites is 2. The molecule has 1 unspecified atom stereocenters. The van der Waals surface area contributed by atoms with Crippen LogP contribution in [-0.2, 0) is 22.6 Å². The van der Waals surface area contributed by atoms with Crippen LogP contribution < -0.4 is 20.3 Å². The summed E-state index contributed by atoms with van der Waals surface area (Å²) < 4.78 is 11.6. The quantitative estimate of drug-likeness (QED) is 0.350. The molecule has 2 amide bonds. The molecular weight excluding hydrogens is 422 g/mol. The van der Waals surface area contributed by atoms with E-state index < -0.39 is 11.8 Å². The first-order valence-electron chi connectivity index (χ1n) is 11.2. The van der Waals surface area contributed by atoms with Gasteiger partial charge in [-0.05, 0) is 49.6 Å². The van der Waals surface area contributed by atoms with E-state index in [-0.39, 0.29) is 12.3 Å². The van der Waals surface area contributed by atoms with E-state index in [0.717, 1.165) is 53.6 Å². The van der Waals surface area contributed by atoms with Gasteiger partial charge in [-0.3, -0.25) is 14.8 Å². The standard InChI is InChI=1S/C25H29N3O5/c1-32-17-11-12-21-18(14-17)19-15-33-23-10-6-5-9-22(23)27-25(30)16(13-24(29)28-31)7-3-2-4-8-20(19)26-21/h5-6,9-12,14,16,26,31H,2-4,7-8,13,15H2,1H3,(H,27,30)(H,28,29). The summed E-state index contributed by atoms with van der Waals surface area (Å²) in [5.74, 6) is -0.0294. The number of carbonyl (C=O) groups is 2. The van der Waals surface area contributed by atoms with Gasteiger partial charge in [-0.2, -0.15) is 0 Å². The van der Waals surface area contributed by atoms with Crippen LogP contribution in [0, 0.1) is 5.92 Å². The number of amides is 2. The molecule has 0 saturated heterocycles. The van der Waals surface area contributed by atoms with Gasteiger partial charge in [0.15, 0.2) is 0 Å². The summed E-state index contributed by atoms with van der Waals surface area (Å²) >= 11 is 0. The molecule has 0 radical (unpaired) electrons. The fourth-order valence-electron chi connectivity index (χ4n) is 4.33. The number of rotatable bonds is 3. The average molecular weight is 452 g/mol.